The Hall–Kier alpha value is -0.930. The van der Waals surface area contributed by atoms with Gasteiger partial charge in [0.1, 0.15) is 5.75 Å². The fourth-order valence-corrected chi connectivity index (χ4v) is 3.06. The van der Waals surface area contributed by atoms with Gasteiger partial charge >= 0.3 is 0 Å². The maximum atomic E-state index is 6.24. The molecule has 0 saturated carbocycles. The van der Waals surface area contributed by atoms with Crippen LogP contribution in [-0.4, -0.2) is 32.8 Å². The predicted octanol–water partition coefficient (Wildman–Crippen LogP) is 3.56. The fraction of sp³-hybridized carbons (Fsp3) is 0.625. The van der Waals surface area contributed by atoms with Gasteiger partial charge in [0.25, 0.3) is 0 Å². The highest BCUT2D eigenvalue weighted by molar-refractivity contribution is 6.32. The van der Waals surface area contributed by atoms with Crippen LogP contribution in [0.15, 0.2) is 18.2 Å². The molecule has 1 fully saturated rings. The Bertz CT molecular complexity index is 436. The van der Waals surface area contributed by atoms with Crippen LogP contribution in [-0.2, 0) is 0 Å². The van der Waals surface area contributed by atoms with Crippen molar-refractivity contribution in [2.24, 2.45) is 5.92 Å². The molecule has 0 spiro atoms. The molecule has 1 atom stereocenters. The number of nitrogens with one attached hydrogen (secondary N) is 1. The topological polar surface area (TPSA) is 24.5 Å². The molecular formula is C16H25ClN2O. The summed E-state index contributed by atoms with van der Waals surface area (Å²) in [5.74, 6) is 1.45. The molecule has 3 nitrogen and oxygen atoms in total. The van der Waals surface area contributed by atoms with Gasteiger partial charge < -0.3 is 15.0 Å². The number of halogens is 1. The van der Waals surface area contributed by atoms with E-state index < -0.39 is 0 Å². The van der Waals surface area contributed by atoms with Crippen molar-refractivity contribution in [3.63, 3.8) is 0 Å². The van der Waals surface area contributed by atoms with E-state index in [1.54, 1.807) is 7.11 Å². The number of rotatable bonds is 4. The van der Waals surface area contributed by atoms with Crippen molar-refractivity contribution in [2.45, 2.75) is 32.7 Å². The van der Waals surface area contributed by atoms with Crippen molar-refractivity contribution in [1.82, 2.24) is 5.32 Å². The van der Waals surface area contributed by atoms with Crippen LogP contribution in [0.2, 0.25) is 5.02 Å². The highest BCUT2D eigenvalue weighted by Gasteiger charge is 2.19. The van der Waals surface area contributed by atoms with Gasteiger partial charge in [0, 0.05) is 24.8 Å². The number of methoxy groups -OCH3 is 1. The minimum absolute atomic E-state index is 0.554. The fourth-order valence-electron chi connectivity index (χ4n) is 2.81. The highest BCUT2D eigenvalue weighted by atomic mass is 35.5. The maximum absolute atomic E-state index is 6.24. The summed E-state index contributed by atoms with van der Waals surface area (Å²) < 4.78 is 5.22. The average Bonchev–Trinajstić information content (AvgIpc) is 2.63. The molecule has 0 amide bonds. The van der Waals surface area contributed by atoms with Gasteiger partial charge in [-0.1, -0.05) is 25.4 Å². The molecule has 1 N–H and O–H groups in total. The van der Waals surface area contributed by atoms with E-state index in [2.05, 4.69) is 30.1 Å². The Kier molecular flexibility index (Phi) is 5.55. The molecule has 1 saturated heterocycles. The number of anilines is 1. The first-order valence-electron chi connectivity index (χ1n) is 7.42. The van der Waals surface area contributed by atoms with E-state index in [0.717, 1.165) is 31.8 Å². The zero-order valence-corrected chi connectivity index (χ0v) is 13.4. The second-order valence-electron chi connectivity index (χ2n) is 5.90. The van der Waals surface area contributed by atoms with Crippen LogP contribution in [0.3, 0.4) is 0 Å². The lowest BCUT2D eigenvalue weighted by molar-refractivity contribution is 0.415. The van der Waals surface area contributed by atoms with Gasteiger partial charge in [-0.3, -0.25) is 0 Å². The molecule has 112 valence electrons. The van der Waals surface area contributed by atoms with E-state index >= 15 is 0 Å². The summed E-state index contributed by atoms with van der Waals surface area (Å²) in [6.45, 7) is 7.77. The van der Waals surface area contributed by atoms with E-state index in [1.807, 2.05) is 12.1 Å². The van der Waals surface area contributed by atoms with E-state index in [4.69, 9.17) is 16.3 Å². The van der Waals surface area contributed by atoms with Crippen molar-refractivity contribution >= 4 is 17.3 Å². The van der Waals surface area contributed by atoms with Gasteiger partial charge in [-0.15, -0.1) is 0 Å². The molecule has 20 heavy (non-hydrogen) atoms. The zero-order valence-electron chi connectivity index (χ0n) is 12.7. The number of hydrogen-bond acceptors (Lipinski definition) is 3. The second kappa shape index (κ2) is 7.19. The van der Waals surface area contributed by atoms with Crippen LogP contribution in [0.5, 0.6) is 5.75 Å². The van der Waals surface area contributed by atoms with Gasteiger partial charge in [-0.05, 0) is 43.5 Å². The van der Waals surface area contributed by atoms with Crippen molar-refractivity contribution in [3.05, 3.63) is 23.2 Å². The Morgan fingerprint density at radius 1 is 1.45 bits per heavy atom. The monoisotopic (exact) mass is 296 g/mol. The van der Waals surface area contributed by atoms with E-state index in [9.17, 15) is 0 Å². The zero-order chi connectivity index (χ0) is 14.5. The third-order valence-corrected chi connectivity index (χ3v) is 4.03. The molecule has 0 aromatic heterocycles. The molecule has 4 heteroatoms. The standard InChI is InChI=1S/C16H25ClN2O/c1-12(2)9-13-11-19(8-4-7-18-13)14-5-6-16(20-3)15(17)10-14/h5-6,10,12-13,18H,4,7-9,11H2,1-3H3. The van der Waals surface area contributed by atoms with Crippen LogP contribution >= 0.6 is 11.6 Å². The van der Waals surface area contributed by atoms with Gasteiger partial charge in [0.2, 0.25) is 0 Å². The lowest BCUT2D eigenvalue weighted by Crippen LogP contribution is -2.38. The smallest absolute Gasteiger partial charge is 0.137 e. The van der Waals surface area contributed by atoms with Crippen molar-refractivity contribution in [1.29, 1.82) is 0 Å². The van der Waals surface area contributed by atoms with Gasteiger partial charge in [0.15, 0.2) is 0 Å². The molecule has 1 heterocycles. The Balaban J connectivity index is 2.11. The quantitative estimate of drug-likeness (QED) is 0.919. The van der Waals surface area contributed by atoms with Gasteiger partial charge in [-0.25, -0.2) is 0 Å². The van der Waals surface area contributed by atoms with E-state index in [0.29, 0.717) is 17.0 Å². The van der Waals surface area contributed by atoms with Crippen LogP contribution in [0.1, 0.15) is 26.7 Å². The summed E-state index contributed by atoms with van der Waals surface area (Å²) in [6, 6.07) is 6.62. The summed E-state index contributed by atoms with van der Waals surface area (Å²) in [4.78, 5) is 2.43. The molecular weight excluding hydrogens is 272 g/mol. The largest absolute Gasteiger partial charge is 0.495 e. The minimum atomic E-state index is 0.554. The molecule has 2 rings (SSSR count). The molecule has 1 aromatic rings. The Morgan fingerprint density at radius 3 is 2.90 bits per heavy atom. The first-order chi connectivity index (χ1) is 9.60. The Morgan fingerprint density at radius 2 is 2.25 bits per heavy atom. The molecule has 1 aliphatic rings. The first kappa shape index (κ1) is 15.5. The average molecular weight is 297 g/mol. The van der Waals surface area contributed by atoms with Crippen LogP contribution in [0.4, 0.5) is 5.69 Å². The number of ether oxygens (including phenoxy) is 1. The van der Waals surface area contributed by atoms with Crippen LogP contribution < -0.4 is 15.0 Å². The van der Waals surface area contributed by atoms with Gasteiger partial charge in [0.05, 0.1) is 12.1 Å². The molecule has 0 radical (unpaired) electrons. The summed E-state index contributed by atoms with van der Waals surface area (Å²) in [6.07, 6.45) is 2.37. The summed E-state index contributed by atoms with van der Waals surface area (Å²) in [7, 11) is 1.65. The SMILES string of the molecule is COc1ccc(N2CCCNC(CC(C)C)C2)cc1Cl. The molecule has 0 aliphatic carbocycles. The van der Waals surface area contributed by atoms with Crippen molar-refractivity contribution in [2.75, 3.05) is 31.6 Å². The van der Waals surface area contributed by atoms with Crippen molar-refractivity contribution < 1.29 is 4.74 Å². The van der Waals surface area contributed by atoms with Crippen molar-refractivity contribution in [3.8, 4) is 5.75 Å². The van der Waals surface area contributed by atoms with E-state index in [1.165, 1.54) is 12.1 Å². The maximum Gasteiger partial charge on any atom is 0.137 e. The Labute approximate surface area is 127 Å². The third kappa shape index (κ3) is 4.03. The molecule has 0 bridgehead atoms. The lowest BCUT2D eigenvalue weighted by Gasteiger charge is -2.27. The summed E-state index contributed by atoms with van der Waals surface area (Å²) in [5, 5.41) is 4.33. The predicted molar refractivity (Wildman–Crippen MR) is 86.1 cm³/mol. The molecule has 1 aliphatic heterocycles. The summed E-state index contributed by atoms with van der Waals surface area (Å²) in [5.41, 5.74) is 1.19. The molecule has 1 unspecified atom stereocenters. The first-order valence-corrected chi connectivity index (χ1v) is 7.80. The number of hydrogen-bond donors (Lipinski definition) is 1. The second-order valence-corrected chi connectivity index (χ2v) is 6.31. The highest BCUT2D eigenvalue weighted by Crippen LogP contribution is 2.29. The van der Waals surface area contributed by atoms with Crippen LogP contribution in [0.25, 0.3) is 0 Å². The van der Waals surface area contributed by atoms with Gasteiger partial charge in [-0.2, -0.15) is 0 Å². The third-order valence-electron chi connectivity index (χ3n) is 3.74. The summed E-state index contributed by atoms with van der Waals surface area (Å²) >= 11 is 6.24. The number of benzene rings is 1. The van der Waals surface area contributed by atoms with Crippen LogP contribution in [0, 0.1) is 5.92 Å². The number of nitrogens with zero attached hydrogens (tertiary/aromatic N) is 1. The minimum Gasteiger partial charge on any atom is -0.495 e. The normalized spacial score (nSPS) is 20.1. The lowest BCUT2D eigenvalue weighted by atomic mass is 10.0. The molecule has 1 aromatic carbocycles. The van der Waals surface area contributed by atoms with E-state index in [-0.39, 0.29) is 0 Å².